The second kappa shape index (κ2) is 4.84. The third kappa shape index (κ3) is 1.85. The predicted molar refractivity (Wildman–Crippen MR) is 79.4 cm³/mol. The van der Waals surface area contributed by atoms with E-state index in [4.69, 9.17) is 4.74 Å². The fraction of sp³-hybridized carbons (Fsp3) is 0.562. The van der Waals surface area contributed by atoms with Crippen LogP contribution in [0.5, 0.6) is 5.75 Å². The van der Waals surface area contributed by atoms with Crippen LogP contribution in [0.25, 0.3) is 0 Å². The van der Waals surface area contributed by atoms with Gasteiger partial charge in [-0.3, -0.25) is 9.59 Å². The Morgan fingerprint density at radius 1 is 1.39 bits per heavy atom. The Hall–Kier alpha value is -2.31. The summed E-state index contributed by atoms with van der Waals surface area (Å²) in [6, 6.07) is 0.302. The van der Waals surface area contributed by atoms with E-state index in [2.05, 4.69) is 0 Å². The molecular weight excluding hydrogens is 300 g/mol. The Kier molecular flexibility index (Phi) is 3.01. The summed E-state index contributed by atoms with van der Waals surface area (Å²) in [5.41, 5.74) is -1.07. The van der Waals surface area contributed by atoms with E-state index in [-0.39, 0.29) is 35.9 Å². The standard InChI is InChI=1S/C16H18N2O5/c1-2-23-16(22)10-6-17-7-11-8-3-4-9(5-8)18(11)15(21)12(17)14(20)13(10)19/h6,8-9,11,20H,2-5,7H2,1H3/t8-,9+,11+/m1/s1. The van der Waals surface area contributed by atoms with E-state index in [0.717, 1.165) is 19.3 Å². The lowest BCUT2D eigenvalue weighted by molar-refractivity contribution is 0.0468. The Morgan fingerprint density at radius 3 is 2.91 bits per heavy atom. The molecule has 0 radical (unpaired) electrons. The highest BCUT2D eigenvalue weighted by molar-refractivity contribution is 5.98. The van der Waals surface area contributed by atoms with Crippen molar-refractivity contribution in [3.05, 3.63) is 27.7 Å². The first kappa shape index (κ1) is 14.3. The van der Waals surface area contributed by atoms with Gasteiger partial charge in [-0.15, -0.1) is 0 Å². The summed E-state index contributed by atoms with van der Waals surface area (Å²) in [7, 11) is 0. The highest BCUT2D eigenvalue weighted by atomic mass is 16.5. The van der Waals surface area contributed by atoms with Gasteiger partial charge < -0.3 is 19.3 Å². The molecule has 1 aromatic rings. The van der Waals surface area contributed by atoms with Crippen LogP contribution in [0.3, 0.4) is 0 Å². The van der Waals surface area contributed by atoms with Crippen molar-refractivity contribution in [2.45, 2.75) is 44.8 Å². The molecule has 3 aliphatic rings. The van der Waals surface area contributed by atoms with E-state index in [1.165, 1.54) is 6.20 Å². The maximum atomic E-state index is 12.8. The molecule has 2 fully saturated rings. The summed E-state index contributed by atoms with van der Waals surface area (Å²) >= 11 is 0. The molecule has 2 aliphatic heterocycles. The molecule has 3 heterocycles. The number of rotatable bonds is 2. The average molecular weight is 318 g/mol. The molecule has 122 valence electrons. The molecular formula is C16H18N2O5. The van der Waals surface area contributed by atoms with Crippen molar-refractivity contribution in [1.29, 1.82) is 0 Å². The second-order valence-corrected chi connectivity index (χ2v) is 6.45. The normalized spacial score (nSPS) is 27.8. The number of pyridine rings is 1. The Bertz CT molecular complexity index is 768. The van der Waals surface area contributed by atoms with Gasteiger partial charge in [0.1, 0.15) is 5.56 Å². The van der Waals surface area contributed by atoms with Crippen molar-refractivity contribution >= 4 is 11.9 Å². The fourth-order valence-corrected chi connectivity index (χ4v) is 4.34. The van der Waals surface area contributed by atoms with Gasteiger partial charge in [0.05, 0.1) is 12.6 Å². The second-order valence-electron chi connectivity index (χ2n) is 6.45. The molecule has 1 aliphatic carbocycles. The summed E-state index contributed by atoms with van der Waals surface area (Å²) < 4.78 is 6.41. The maximum Gasteiger partial charge on any atom is 0.343 e. The number of carbonyl (C=O) groups is 2. The van der Waals surface area contributed by atoms with Gasteiger partial charge in [-0.05, 0) is 32.1 Å². The van der Waals surface area contributed by atoms with Crippen molar-refractivity contribution in [2.75, 3.05) is 6.61 Å². The molecule has 0 aromatic carbocycles. The van der Waals surface area contributed by atoms with Gasteiger partial charge in [0.25, 0.3) is 5.91 Å². The number of hydrogen-bond donors (Lipinski definition) is 1. The number of aromatic nitrogens is 1. The number of piperidine rings is 1. The topological polar surface area (TPSA) is 88.8 Å². The number of carbonyl (C=O) groups excluding carboxylic acids is 2. The maximum absolute atomic E-state index is 12.8. The van der Waals surface area contributed by atoms with E-state index in [1.54, 1.807) is 11.5 Å². The molecule has 0 spiro atoms. The summed E-state index contributed by atoms with van der Waals surface area (Å²) in [4.78, 5) is 38.7. The summed E-state index contributed by atoms with van der Waals surface area (Å²) in [5, 5.41) is 10.2. The highest BCUT2D eigenvalue weighted by Crippen LogP contribution is 2.45. The first-order valence-electron chi connectivity index (χ1n) is 7.99. The van der Waals surface area contributed by atoms with E-state index in [1.807, 2.05) is 4.90 Å². The number of nitrogens with zero attached hydrogens (tertiary/aromatic N) is 2. The van der Waals surface area contributed by atoms with Crippen LogP contribution in [0.15, 0.2) is 11.0 Å². The van der Waals surface area contributed by atoms with Crippen molar-refractivity contribution in [1.82, 2.24) is 9.47 Å². The number of hydrogen-bond acceptors (Lipinski definition) is 5. The molecule has 1 aromatic heterocycles. The van der Waals surface area contributed by atoms with Crippen LogP contribution in [0.2, 0.25) is 0 Å². The quantitative estimate of drug-likeness (QED) is 0.812. The molecule has 1 amide bonds. The van der Waals surface area contributed by atoms with Gasteiger partial charge in [0, 0.05) is 18.8 Å². The first-order chi connectivity index (χ1) is 11.0. The van der Waals surface area contributed by atoms with Gasteiger partial charge in [0.2, 0.25) is 5.43 Å². The van der Waals surface area contributed by atoms with Gasteiger partial charge in [-0.25, -0.2) is 4.79 Å². The summed E-state index contributed by atoms with van der Waals surface area (Å²) in [6.45, 7) is 2.28. The van der Waals surface area contributed by atoms with Crippen molar-refractivity contribution in [3.8, 4) is 5.75 Å². The summed E-state index contributed by atoms with van der Waals surface area (Å²) in [6.07, 6.45) is 4.43. The van der Waals surface area contributed by atoms with Crippen LogP contribution >= 0.6 is 0 Å². The SMILES string of the molecule is CCOC(=O)c1cn2c(c(O)c1=O)C(=O)N1[C@H]3CC[C@H](C3)[C@@H]1C2. The minimum Gasteiger partial charge on any atom is -0.503 e. The molecule has 0 unspecified atom stereocenters. The van der Waals surface area contributed by atoms with E-state index in [9.17, 15) is 19.5 Å². The Morgan fingerprint density at radius 2 is 2.17 bits per heavy atom. The zero-order valence-corrected chi connectivity index (χ0v) is 12.8. The molecule has 1 saturated carbocycles. The predicted octanol–water partition coefficient (Wildman–Crippen LogP) is 0.737. The number of esters is 1. The van der Waals surface area contributed by atoms with Crippen LogP contribution in [-0.2, 0) is 11.3 Å². The zero-order chi connectivity index (χ0) is 16.3. The lowest BCUT2D eigenvalue weighted by Crippen LogP contribution is -2.52. The van der Waals surface area contributed by atoms with Gasteiger partial charge in [-0.1, -0.05) is 0 Å². The molecule has 7 nitrogen and oxygen atoms in total. The molecule has 1 N–H and O–H groups in total. The van der Waals surface area contributed by atoms with Gasteiger partial charge in [-0.2, -0.15) is 0 Å². The first-order valence-corrected chi connectivity index (χ1v) is 7.99. The van der Waals surface area contributed by atoms with Crippen LogP contribution in [0.1, 0.15) is 47.0 Å². The zero-order valence-electron chi connectivity index (χ0n) is 12.8. The molecule has 7 heteroatoms. The minimum absolute atomic E-state index is 0.00755. The Balaban J connectivity index is 1.82. The minimum atomic E-state index is -0.842. The van der Waals surface area contributed by atoms with Crippen molar-refractivity contribution < 1.29 is 19.4 Å². The largest absolute Gasteiger partial charge is 0.503 e. The lowest BCUT2D eigenvalue weighted by Gasteiger charge is -2.40. The smallest absolute Gasteiger partial charge is 0.343 e. The molecule has 4 rings (SSSR count). The summed E-state index contributed by atoms with van der Waals surface area (Å²) in [5.74, 6) is -1.27. The monoisotopic (exact) mass is 318 g/mol. The molecule has 2 bridgehead atoms. The Labute approximate surface area is 132 Å². The number of amides is 1. The van der Waals surface area contributed by atoms with E-state index >= 15 is 0 Å². The van der Waals surface area contributed by atoms with Gasteiger partial charge >= 0.3 is 5.97 Å². The molecule has 1 saturated heterocycles. The van der Waals surface area contributed by atoms with E-state index in [0.29, 0.717) is 12.5 Å². The average Bonchev–Trinajstić information content (AvgIpc) is 3.12. The highest BCUT2D eigenvalue weighted by Gasteiger charge is 2.51. The van der Waals surface area contributed by atoms with Gasteiger partial charge in [0.15, 0.2) is 11.4 Å². The van der Waals surface area contributed by atoms with Crippen molar-refractivity contribution in [2.24, 2.45) is 5.92 Å². The van der Waals surface area contributed by atoms with Crippen LogP contribution < -0.4 is 5.43 Å². The lowest BCUT2D eigenvalue weighted by atomic mass is 9.96. The van der Waals surface area contributed by atoms with Crippen LogP contribution in [0.4, 0.5) is 0 Å². The number of fused-ring (bicyclic) bond motifs is 6. The third-order valence-corrected chi connectivity index (χ3v) is 5.31. The molecule has 23 heavy (non-hydrogen) atoms. The number of ether oxygens (including phenoxy) is 1. The van der Waals surface area contributed by atoms with E-state index < -0.39 is 17.1 Å². The molecule has 3 atom stereocenters. The fourth-order valence-electron chi connectivity index (χ4n) is 4.34. The van der Waals surface area contributed by atoms with Crippen LogP contribution in [0, 0.1) is 5.92 Å². The third-order valence-electron chi connectivity index (χ3n) is 5.31. The van der Waals surface area contributed by atoms with Crippen LogP contribution in [-0.4, -0.2) is 45.1 Å². The van der Waals surface area contributed by atoms with Crippen molar-refractivity contribution in [3.63, 3.8) is 0 Å². The number of aromatic hydroxyl groups is 1.